The minimum Gasteiger partial charge on any atom is -0.469 e. The van der Waals surface area contributed by atoms with Gasteiger partial charge in [0.2, 0.25) is 5.91 Å². The van der Waals surface area contributed by atoms with E-state index in [-0.39, 0.29) is 11.8 Å². The van der Waals surface area contributed by atoms with Crippen LogP contribution in [-0.2, 0) is 33.7 Å². The molecule has 2 unspecified atom stereocenters. The molecule has 0 radical (unpaired) electrons. The second kappa shape index (κ2) is 14.4. The topological polar surface area (TPSA) is 108 Å². The predicted octanol–water partition coefficient (Wildman–Crippen LogP) is 5.23. The average Bonchev–Trinajstić information content (AvgIpc) is 3.03. The monoisotopic (exact) mass is 559 g/mol. The van der Waals surface area contributed by atoms with Crippen molar-refractivity contribution in [3.63, 3.8) is 0 Å². The van der Waals surface area contributed by atoms with Gasteiger partial charge < -0.3 is 15.4 Å². The molecule has 7 heteroatoms. The Balaban J connectivity index is 1.55. The highest BCUT2D eigenvalue weighted by Gasteiger charge is 2.31. The maximum atomic E-state index is 13.5. The molecule has 0 heterocycles. The first-order valence-electron chi connectivity index (χ1n) is 13.7. The number of nitrogens with zero attached hydrogens (tertiary/aromatic N) is 1. The van der Waals surface area contributed by atoms with Gasteiger partial charge in [0.25, 0.3) is 5.91 Å². The number of esters is 1. The van der Waals surface area contributed by atoms with Crippen molar-refractivity contribution in [3.8, 4) is 17.2 Å². The zero-order valence-corrected chi connectivity index (χ0v) is 23.7. The van der Waals surface area contributed by atoms with E-state index in [0.717, 1.165) is 27.8 Å². The van der Waals surface area contributed by atoms with Crippen LogP contribution in [0.15, 0.2) is 103 Å². The van der Waals surface area contributed by atoms with Gasteiger partial charge in [0.1, 0.15) is 0 Å². The summed E-state index contributed by atoms with van der Waals surface area (Å²) in [5.41, 5.74) is 5.68. The highest BCUT2D eigenvalue weighted by atomic mass is 16.5. The third-order valence-electron chi connectivity index (χ3n) is 7.09. The van der Waals surface area contributed by atoms with E-state index in [1.807, 2.05) is 72.8 Å². The molecule has 0 aliphatic carbocycles. The summed E-state index contributed by atoms with van der Waals surface area (Å²) in [6.07, 6.45) is 0.726. The molecular weight excluding hydrogens is 526 g/mol. The van der Waals surface area contributed by atoms with Crippen LogP contribution >= 0.6 is 0 Å². The molecule has 0 saturated heterocycles. The third-order valence-corrected chi connectivity index (χ3v) is 7.09. The van der Waals surface area contributed by atoms with Crippen molar-refractivity contribution in [2.45, 2.75) is 32.4 Å². The molecule has 0 saturated carbocycles. The maximum absolute atomic E-state index is 13.5. The minimum atomic E-state index is -0.677. The van der Waals surface area contributed by atoms with Gasteiger partial charge >= 0.3 is 5.97 Å². The van der Waals surface area contributed by atoms with Crippen molar-refractivity contribution in [2.24, 2.45) is 5.92 Å². The van der Waals surface area contributed by atoms with Crippen LogP contribution in [0.25, 0.3) is 11.1 Å². The van der Waals surface area contributed by atoms with E-state index in [1.165, 1.54) is 14.0 Å². The predicted molar refractivity (Wildman–Crippen MR) is 161 cm³/mol. The Morgan fingerprint density at radius 1 is 0.786 bits per heavy atom. The summed E-state index contributed by atoms with van der Waals surface area (Å²) in [7, 11) is 1.34. The molecule has 0 fully saturated rings. The van der Waals surface area contributed by atoms with E-state index in [9.17, 15) is 19.6 Å². The van der Waals surface area contributed by atoms with Crippen LogP contribution in [0.5, 0.6) is 0 Å². The summed E-state index contributed by atoms with van der Waals surface area (Å²) in [6, 6.07) is 33.5. The van der Waals surface area contributed by atoms with Crippen LogP contribution in [0, 0.1) is 17.2 Å². The first-order valence-corrected chi connectivity index (χ1v) is 13.7. The molecule has 2 atom stereocenters. The lowest BCUT2D eigenvalue weighted by Crippen LogP contribution is -2.46. The average molecular weight is 560 g/mol. The Morgan fingerprint density at radius 2 is 1.43 bits per heavy atom. The van der Waals surface area contributed by atoms with Gasteiger partial charge in [-0.3, -0.25) is 14.4 Å². The number of carbonyl (C=O) groups is 3. The number of benzene rings is 4. The van der Waals surface area contributed by atoms with Crippen molar-refractivity contribution in [2.75, 3.05) is 7.11 Å². The van der Waals surface area contributed by atoms with E-state index in [4.69, 9.17) is 4.74 Å². The van der Waals surface area contributed by atoms with Crippen molar-refractivity contribution in [1.29, 1.82) is 5.26 Å². The standard InChI is InChI=1S/C35H33N3O4/c1-24(39)37-23-26-11-13-29(14-12-26)30-15-17-31(18-16-30)34(40)38-33(21-25-7-4-3-5-8-25)32(35(41)42-2)20-27-9-6-10-28(19-27)22-36/h3-19,32-33H,20-21,23H2,1-2H3,(H,37,39)(H,38,40). The zero-order valence-electron chi connectivity index (χ0n) is 23.7. The Morgan fingerprint density at radius 3 is 2.05 bits per heavy atom. The van der Waals surface area contributed by atoms with Crippen LogP contribution in [0.1, 0.15) is 39.5 Å². The Hall–Kier alpha value is -5.22. The highest BCUT2D eigenvalue weighted by Crippen LogP contribution is 2.22. The quantitative estimate of drug-likeness (QED) is 0.245. The van der Waals surface area contributed by atoms with E-state index < -0.39 is 17.9 Å². The number of ether oxygens (including phenoxy) is 1. The smallest absolute Gasteiger partial charge is 0.311 e. The second-order valence-electron chi connectivity index (χ2n) is 10.1. The summed E-state index contributed by atoms with van der Waals surface area (Å²) in [5.74, 6) is -1.49. The fourth-order valence-corrected chi connectivity index (χ4v) is 4.83. The van der Waals surface area contributed by atoms with Gasteiger partial charge in [-0.25, -0.2) is 0 Å². The maximum Gasteiger partial charge on any atom is 0.311 e. The molecule has 2 N–H and O–H groups in total. The van der Waals surface area contributed by atoms with Crippen LogP contribution in [0.2, 0.25) is 0 Å². The Bertz CT molecular complexity index is 1560. The number of nitrogens with one attached hydrogen (secondary N) is 2. The van der Waals surface area contributed by atoms with E-state index >= 15 is 0 Å². The normalized spacial score (nSPS) is 11.9. The van der Waals surface area contributed by atoms with Crippen LogP contribution in [0.3, 0.4) is 0 Å². The lowest BCUT2D eigenvalue weighted by atomic mass is 9.87. The molecule has 0 aliphatic heterocycles. The molecule has 4 rings (SSSR count). The lowest BCUT2D eigenvalue weighted by Gasteiger charge is -2.27. The number of amides is 2. The molecule has 212 valence electrons. The number of hydrogen-bond acceptors (Lipinski definition) is 5. The minimum absolute atomic E-state index is 0.0787. The number of carbonyl (C=O) groups excluding carboxylic acids is 3. The van der Waals surface area contributed by atoms with Gasteiger partial charge in [-0.05, 0) is 64.9 Å². The molecule has 2 amide bonds. The zero-order chi connectivity index (χ0) is 29.9. The van der Waals surface area contributed by atoms with Gasteiger partial charge in [-0.2, -0.15) is 5.26 Å². The van der Waals surface area contributed by atoms with E-state index in [2.05, 4.69) is 16.7 Å². The third kappa shape index (κ3) is 8.15. The largest absolute Gasteiger partial charge is 0.469 e. The van der Waals surface area contributed by atoms with Crippen molar-refractivity contribution >= 4 is 17.8 Å². The number of nitriles is 1. The van der Waals surface area contributed by atoms with Gasteiger partial charge in [0, 0.05) is 25.1 Å². The summed E-state index contributed by atoms with van der Waals surface area (Å²) in [4.78, 5) is 37.7. The number of hydrogen-bond donors (Lipinski definition) is 2. The molecule has 4 aromatic carbocycles. The molecule has 0 aliphatic rings. The fourth-order valence-electron chi connectivity index (χ4n) is 4.83. The first-order chi connectivity index (χ1) is 20.4. The molecule has 7 nitrogen and oxygen atoms in total. The lowest BCUT2D eigenvalue weighted by molar-refractivity contribution is -0.146. The Labute approximate surface area is 246 Å². The molecular formula is C35H33N3O4. The summed E-state index contributed by atoms with van der Waals surface area (Å²) in [6.45, 7) is 1.95. The highest BCUT2D eigenvalue weighted by molar-refractivity contribution is 5.95. The van der Waals surface area contributed by atoms with Crippen molar-refractivity contribution in [1.82, 2.24) is 10.6 Å². The van der Waals surface area contributed by atoms with Crippen molar-refractivity contribution < 1.29 is 19.1 Å². The molecule has 0 aromatic heterocycles. The Kier molecular flexibility index (Phi) is 10.2. The van der Waals surface area contributed by atoms with Crippen LogP contribution in [-0.4, -0.2) is 30.9 Å². The summed E-state index contributed by atoms with van der Waals surface area (Å²) < 4.78 is 5.17. The van der Waals surface area contributed by atoms with Crippen LogP contribution in [0.4, 0.5) is 0 Å². The molecule has 4 aromatic rings. The molecule has 0 spiro atoms. The molecule has 0 bridgehead atoms. The van der Waals surface area contributed by atoms with Crippen LogP contribution < -0.4 is 10.6 Å². The van der Waals surface area contributed by atoms with E-state index in [1.54, 1.807) is 30.3 Å². The van der Waals surface area contributed by atoms with Crippen molar-refractivity contribution in [3.05, 3.63) is 131 Å². The van der Waals surface area contributed by atoms with Gasteiger partial charge in [-0.1, -0.05) is 78.9 Å². The van der Waals surface area contributed by atoms with Gasteiger partial charge in [-0.15, -0.1) is 0 Å². The summed E-state index contributed by atoms with van der Waals surface area (Å²) >= 11 is 0. The first kappa shape index (κ1) is 29.8. The fraction of sp³-hybridized carbons (Fsp3) is 0.200. The summed E-state index contributed by atoms with van der Waals surface area (Å²) in [5, 5.41) is 15.2. The number of methoxy groups -OCH3 is 1. The van der Waals surface area contributed by atoms with E-state index in [0.29, 0.717) is 30.5 Å². The SMILES string of the molecule is COC(=O)C(Cc1cccc(C#N)c1)C(Cc1ccccc1)NC(=O)c1ccc(-c2ccc(CNC(C)=O)cc2)cc1. The molecule has 42 heavy (non-hydrogen) atoms. The van der Waals surface area contributed by atoms with Gasteiger partial charge in [0.05, 0.1) is 24.7 Å². The number of rotatable bonds is 11. The van der Waals surface area contributed by atoms with Gasteiger partial charge in [0.15, 0.2) is 0 Å². The second-order valence-corrected chi connectivity index (χ2v) is 10.1.